The third-order valence-corrected chi connectivity index (χ3v) is 5.04. The van der Waals surface area contributed by atoms with Gasteiger partial charge in [-0.1, -0.05) is 13.3 Å². The minimum atomic E-state index is -4.56. The zero-order valence-corrected chi connectivity index (χ0v) is 16.3. The van der Waals surface area contributed by atoms with Crippen LogP contribution in [0.2, 0.25) is 0 Å². The molecule has 1 fully saturated rings. The van der Waals surface area contributed by atoms with Crippen molar-refractivity contribution in [1.82, 2.24) is 15.2 Å². The van der Waals surface area contributed by atoms with Crippen molar-refractivity contribution in [3.8, 4) is 5.88 Å². The summed E-state index contributed by atoms with van der Waals surface area (Å²) >= 11 is 0. The molecule has 0 saturated carbocycles. The summed E-state index contributed by atoms with van der Waals surface area (Å²) in [4.78, 5) is 18.7. The lowest BCUT2D eigenvalue weighted by Gasteiger charge is -2.38. The van der Waals surface area contributed by atoms with Crippen LogP contribution in [0.1, 0.15) is 39.2 Å². The van der Waals surface area contributed by atoms with E-state index in [-0.39, 0.29) is 18.6 Å². The number of pyridine rings is 1. The van der Waals surface area contributed by atoms with Crippen LogP contribution < -0.4 is 10.1 Å². The SMILES string of the molecule is CC[C@H]1CN(C)CC[C@H]1NC(=O)C(C)(C)COc1ncccc1C(F)(F)F. The molecule has 1 aromatic heterocycles. The number of ether oxygens (including phenoxy) is 1. The number of carbonyl (C=O) groups is 1. The maximum absolute atomic E-state index is 13.0. The second-order valence-electron chi connectivity index (χ2n) is 7.83. The molecular formula is C19H28F3N3O2. The molecule has 8 heteroatoms. The molecule has 27 heavy (non-hydrogen) atoms. The Morgan fingerprint density at radius 2 is 2.11 bits per heavy atom. The number of carbonyl (C=O) groups excluding carboxylic acids is 1. The van der Waals surface area contributed by atoms with Gasteiger partial charge in [-0.25, -0.2) is 4.98 Å². The second-order valence-corrected chi connectivity index (χ2v) is 7.83. The monoisotopic (exact) mass is 387 g/mol. The lowest BCUT2D eigenvalue weighted by molar-refractivity contribution is -0.139. The van der Waals surface area contributed by atoms with Gasteiger partial charge in [0.25, 0.3) is 0 Å². The number of piperidine rings is 1. The number of aromatic nitrogens is 1. The predicted octanol–water partition coefficient (Wildman–Crippen LogP) is 3.35. The number of hydrogen-bond donors (Lipinski definition) is 1. The van der Waals surface area contributed by atoms with Crippen LogP contribution in [0.3, 0.4) is 0 Å². The summed E-state index contributed by atoms with van der Waals surface area (Å²) in [6.07, 6.45) is -1.51. The van der Waals surface area contributed by atoms with E-state index in [1.165, 1.54) is 12.3 Å². The van der Waals surface area contributed by atoms with Gasteiger partial charge in [-0.05, 0) is 51.9 Å². The van der Waals surface area contributed by atoms with E-state index in [0.717, 1.165) is 32.0 Å². The van der Waals surface area contributed by atoms with Crippen molar-refractivity contribution in [2.75, 3.05) is 26.7 Å². The molecule has 1 N–H and O–H groups in total. The van der Waals surface area contributed by atoms with Gasteiger partial charge in [0.2, 0.25) is 11.8 Å². The number of nitrogens with one attached hydrogen (secondary N) is 1. The van der Waals surface area contributed by atoms with Crippen molar-refractivity contribution >= 4 is 5.91 Å². The van der Waals surface area contributed by atoms with E-state index < -0.39 is 23.0 Å². The van der Waals surface area contributed by atoms with Crippen molar-refractivity contribution in [3.05, 3.63) is 23.9 Å². The van der Waals surface area contributed by atoms with Crippen LogP contribution in [0.15, 0.2) is 18.3 Å². The van der Waals surface area contributed by atoms with Crippen LogP contribution in [0.25, 0.3) is 0 Å². The van der Waals surface area contributed by atoms with E-state index >= 15 is 0 Å². The van der Waals surface area contributed by atoms with Gasteiger partial charge in [-0.3, -0.25) is 4.79 Å². The molecule has 1 saturated heterocycles. The molecule has 5 nitrogen and oxygen atoms in total. The first kappa shape index (κ1) is 21.5. The van der Waals surface area contributed by atoms with E-state index in [9.17, 15) is 18.0 Å². The summed E-state index contributed by atoms with van der Waals surface area (Å²) in [5.41, 5.74) is -1.93. The Morgan fingerprint density at radius 1 is 1.41 bits per heavy atom. The van der Waals surface area contributed by atoms with Crippen LogP contribution in [0.4, 0.5) is 13.2 Å². The maximum atomic E-state index is 13.0. The van der Waals surface area contributed by atoms with E-state index in [0.29, 0.717) is 5.92 Å². The molecule has 1 aromatic rings. The van der Waals surface area contributed by atoms with Crippen LogP contribution in [0, 0.1) is 11.3 Å². The summed E-state index contributed by atoms with van der Waals surface area (Å²) in [5, 5.41) is 3.07. The third kappa shape index (κ3) is 5.57. The summed E-state index contributed by atoms with van der Waals surface area (Å²) < 4.78 is 44.4. The summed E-state index contributed by atoms with van der Waals surface area (Å²) in [6.45, 7) is 7.05. The van der Waals surface area contributed by atoms with E-state index in [1.807, 2.05) is 0 Å². The van der Waals surface area contributed by atoms with Gasteiger partial charge in [0.05, 0.1) is 5.41 Å². The van der Waals surface area contributed by atoms with Crippen LogP contribution in [0.5, 0.6) is 5.88 Å². The Kier molecular flexibility index (Phi) is 6.72. The molecule has 0 bridgehead atoms. The Bertz CT molecular complexity index is 649. The Labute approximate surface area is 158 Å². The van der Waals surface area contributed by atoms with Gasteiger partial charge < -0.3 is 15.0 Å². The number of halogens is 3. The van der Waals surface area contributed by atoms with Crippen LogP contribution in [-0.2, 0) is 11.0 Å². The zero-order valence-electron chi connectivity index (χ0n) is 16.3. The Morgan fingerprint density at radius 3 is 2.74 bits per heavy atom. The Hall–Kier alpha value is -1.83. The topological polar surface area (TPSA) is 54.5 Å². The van der Waals surface area contributed by atoms with Crippen molar-refractivity contribution in [2.24, 2.45) is 11.3 Å². The third-order valence-electron chi connectivity index (χ3n) is 5.04. The first-order chi connectivity index (χ1) is 12.5. The lowest BCUT2D eigenvalue weighted by atomic mass is 9.87. The molecule has 0 spiro atoms. The van der Waals surface area contributed by atoms with E-state index in [1.54, 1.807) is 13.8 Å². The van der Waals surface area contributed by atoms with Crippen LogP contribution in [-0.4, -0.2) is 48.6 Å². The molecule has 0 aromatic carbocycles. The number of hydrogen-bond acceptors (Lipinski definition) is 4. The molecule has 2 heterocycles. The smallest absolute Gasteiger partial charge is 0.421 e. The van der Waals surface area contributed by atoms with Gasteiger partial charge in [0.1, 0.15) is 12.2 Å². The average Bonchev–Trinajstić information content (AvgIpc) is 2.60. The average molecular weight is 387 g/mol. The highest BCUT2D eigenvalue weighted by molar-refractivity contribution is 5.82. The molecule has 2 rings (SSSR count). The highest BCUT2D eigenvalue weighted by Gasteiger charge is 2.37. The standard InChI is InChI=1S/C19H28F3N3O2/c1-5-13-11-25(4)10-8-15(13)24-17(26)18(2,3)12-27-16-14(19(20,21)22)7-6-9-23-16/h6-7,9,13,15H,5,8,10-12H2,1-4H3,(H,24,26)/t13-,15+/m0/s1. The molecule has 152 valence electrons. The number of nitrogens with zero attached hydrogens (tertiary/aromatic N) is 2. The quantitative estimate of drug-likeness (QED) is 0.813. The van der Waals surface area contributed by atoms with Gasteiger partial charge >= 0.3 is 6.18 Å². The van der Waals surface area contributed by atoms with Gasteiger partial charge in [0, 0.05) is 18.8 Å². The van der Waals surface area contributed by atoms with Gasteiger partial charge in [0.15, 0.2) is 0 Å². The number of rotatable bonds is 6. The molecule has 0 aliphatic carbocycles. The summed E-state index contributed by atoms with van der Waals surface area (Å²) in [5.74, 6) is -0.367. The maximum Gasteiger partial charge on any atom is 0.421 e. The van der Waals surface area contributed by atoms with Crippen molar-refractivity contribution in [2.45, 2.75) is 45.8 Å². The molecule has 0 unspecified atom stereocenters. The molecule has 1 aliphatic heterocycles. The number of likely N-dealkylation sites (tertiary alicyclic amines) is 1. The van der Waals surface area contributed by atoms with E-state index in [2.05, 4.69) is 29.2 Å². The fourth-order valence-corrected chi connectivity index (χ4v) is 3.22. The van der Waals surface area contributed by atoms with Gasteiger partial charge in [-0.2, -0.15) is 13.2 Å². The Balaban J connectivity index is 2.01. The van der Waals surface area contributed by atoms with Crippen LogP contribution >= 0.6 is 0 Å². The van der Waals surface area contributed by atoms with Crippen molar-refractivity contribution < 1.29 is 22.7 Å². The molecule has 2 atom stereocenters. The molecule has 1 amide bonds. The molecule has 0 radical (unpaired) electrons. The minimum absolute atomic E-state index is 0.0681. The first-order valence-corrected chi connectivity index (χ1v) is 9.19. The van der Waals surface area contributed by atoms with Crippen molar-refractivity contribution in [1.29, 1.82) is 0 Å². The fourth-order valence-electron chi connectivity index (χ4n) is 3.22. The second kappa shape index (κ2) is 8.46. The molecular weight excluding hydrogens is 359 g/mol. The fraction of sp³-hybridized carbons (Fsp3) is 0.684. The highest BCUT2D eigenvalue weighted by Crippen LogP contribution is 2.35. The minimum Gasteiger partial charge on any atom is -0.476 e. The zero-order chi connectivity index (χ0) is 20.2. The normalized spacial score (nSPS) is 21.7. The largest absolute Gasteiger partial charge is 0.476 e. The first-order valence-electron chi connectivity index (χ1n) is 9.19. The summed E-state index contributed by atoms with van der Waals surface area (Å²) in [6, 6.07) is 2.19. The van der Waals surface area contributed by atoms with Gasteiger partial charge in [-0.15, -0.1) is 0 Å². The number of amides is 1. The highest BCUT2D eigenvalue weighted by atomic mass is 19.4. The van der Waals surface area contributed by atoms with Crippen molar-refractivity contribution in [3.63, 3.8) is 0 Å². The number of alkyl halides is 3. The summed E-state index contributed by atoms with van der Waals surface area (Å²) in [7, 11) is 2.06. The molecule has 1 aliphatic rings. The predicted molar refractivity (Wildman–Crippen MR) is 96.3 cm³/mol. The lowest BCUT2D eigenvalue weighted by Crippen LogP contribution is -2.53. The van der Waals surface area contributed by atoms with E-state index in [4.69, 9.17) is 4.74 Å².